The van der Waals surface area contributed by atoms with Crippen LogP contribution in [0, 0.1) is 65.0 Å². The predicted molar refractivity (Wildman–Crippen MR) is 319 cm³/mol. The van der Waals surface area contributed by atoms with Crippen LogP contribution in [0.2, 0.25) is 0 Å². The van der Waals surface area contributed by atoms with Crippen molar-refractivity contribution < 1.29 is 87.3 Å². The molecule has 0 aromatic rings. The van der Waals surface area contributed by atoms with Crippen LogP contribution in [0.1, 0.15) is 222 Å². The van der Waals surface area contributed by atoms with Crippen molar-refractivity contribution >= 4 is 59.1 Å². The zero-order valence-electron chi connectivity index (χ0n) is 58.5. The van der Waals surface area contributed by atoms with Crippen LogP contribution in [-0.2, 0) is 71.6 Å². The first-order valence-electron chi connectivity index (χ1n) is 31.8. The molecular weight excluding hydrogens is 1070 g/mol. The van der Waals surface area contributed by atoms with Crippen LogP contribution >= 0.6 is 0 Å². The largest absolute Gasteiger partial charge is 0.481 e. The summed E-state index contributed by atoms with van der Waals surface area (Å²) in [7, 11) is 0. The third kappa shape index (κ3) is 41.6. The number of amides is 3. The van der Waals surface area contributed by atoms with Gasteiger partial charge in [-0.05, 0) is 135 Å². The van der Waals surface area contributed by atoms with Gasteiger partial charge in [0.15, 0.2) is 36.0 Å². The Labute approximate surface area is 503 Å². The molecule has 20 heteroatoms. The average Bonchev–Trinajstić information content (AvgIpc) is 3.75. The summed E-state index contributed by atoms with van der Waals surface area (Å²) in [4.78, 5) is 119. The van der Waals surface area contributed by atoms with Crippen LogP contribution in [-0.4, -0.2) is 131 Å². The molecule has 2 fully saturated rings. The Hall–Kier alpha value is -4.98. The summed E-state index contributed by atoms with van der Waals surface area (Å²) in [5, 5.41) is 26.1. The molecule has 3 amide bonds. The van der Waals surface area contributed by atoms with E-state index in [2.05, 4.69) is 43.6 Å². The van der Waals surface area contributed by atoms with E-state index in [1.165, 1.54) is 0 Å². The maximum atomic E-state index is 12.5. The molecule has 2 heterocycles. The number of ketones is 2. The molecular formula is C63H113N3O17. The Morgan fingerprint density at radius 2 is 0.735 bits per heavy atom. The third-order valence-corrected chi connectivity index (χ3v) is 11.6. The molecule has 2 saturated heterocycles. The number of ether oxygens (including phenoxy) is 5. The zero-order valence-corrected chi connectivity index (χ0v) is 54.5. The van der Waals surface area contributed by atoms with Gasteiger partial charge >= 0.3 is 29.8 Å². The van der Waals surface area contributed by atoms with Crippen LogP contribution in [0.5, 0.6) is 0 Å². The van der Waals surface area contributed by atoms with Crippen molar-refractivity contribution in [3.8, 4) is 0 Å². The van der Waals surface area contributed by atoms with E-state index >= 15 is 0 Å². The Morgan fingerprint density at radius 1 is 0.446 bits per heavy atom. The Balaban J connectivity index is 0. The minimum atomic E-state index is -1.80. The molecule has 20 nitrogen and oxygen atoms in total. The van der Waals surface area contributed by atoms with Crippen molar-refractivity contribution in [2.24, 2.45) is 65.0 Å². The number of nitrogens with one attached hydrogen (secondary N) is 3. The molecule has 2 rings (SSSR count). The molecule has 8 atom stereocenters. The lowest BCUT2D eigenvalue weighted by molar-refractivity contribution is -0.160. The fourth-order valence-electron chi connectivity index (χ4n) is 7.77. The Bertz CT molecular complexity index is 2230. The van der Waals surface area contributed by atoms with Gasteiger partial charge in [-0.15, -0.1) is 0 Å². The molecule has 2 aliphatic rings. The molecule has 5 N–H and O–H groups in total. The van der Waals surface area contributed by atoms with Gasteiger partial charge in [-0.25, -0.2) is 9.59 Å². The molecule has 0 aromatic heterocycles. The number of hydrogen-bond donors (Lipinski definition) is 5. The predicted octanol–water partition coefficient (Wildman–Crippen LogP) is 9.73. The lowest BCUT2D eigenvalue weighted by atomic mass is 9.90. The van der Waals surface area contributed by atoms with Gasteiger partial charge in [-0.2, -0.15) is 0 Å². The first kappa shape index (κ1) is 72.3. The number of Topliss-reactive ketones (excluding diaryl/α,β-unsaturated/α-hetero) is 2. The van der Waals surface area contributed by atoms with Crippen molar-refractivity contribution in [2.75, 3.05) is 26.2 Å². The topological polar surface area (TPSA) is 300 Å². The van der Waals surface area contributed by atoms with E-state index in [1.807, 2.05) is 69.2 Å². The SMILES string of the molecule is [2H][C@@](CC(=O)OC(C)(C)C)(CC(C)C)C(=O)NCCC(C)C.[2H][C@@](CC(=O)OC(C)(C)C)(CC(C)C)C(=O)O.[2H][C@@](CC(=O)[C@H]1O[C@@H]1C(=O)O)(CC(C)C)C(=O)NCCC(C)C.[2H][C@@](CC(=O)[C@H]1O[C@@H]1C(=O)OCC)(CC(C)C)C(=O)NCCC(C)C. The van der Waals surface area contributed by atoms with Crippen molar-refractivity contribution in [1.82, 2.24) is 16.0 Å². The maximum Gasteiger partial charge on any atom is 0.338 e. The third-order valence-electron chi connectivity index (χ3n) is 11.6. The second-order valence-corrected chi connectivity index (χ2v) is 26.3. The van der Waals surface area contributed by atoms with Crippen LogP contribution in [0.15, 0.2) is 0 Å². The zero-order chi connectivity index (χ0) is 68.4. The summed E-state index contributed by atoms with van der Waals surface area (Å²) < 4.78 is 58.3. The number of carbonyl (C=O) groups excluding carboxylic acids is 8. The van der Waals surface area contributed by atoms with E-state index < -0.39 is 119 Å². The molecule has 0 radical (unpaired) electrons. The minimum Gasteiger partial charge on any atom is -0.481 e. The normalized spacial score (nSPS) is 20.0. The van der Waals surface area contributed by atoms with Crippen molar-refractivity contribution in [1.29, 1.82) is 0 Å². The van der Waals surface area contributed by atoms with Crippen LogP contribution in [0.4, 0.5) is 0 Å². The summed E-state index contributed by atoms with van der Waals surface area (Å²) in [5.41, 5.74) is -1.27. The van der Waals surface area contributed by atoms with Gasteiger partial charge in [-0.3, -0.25) is 38.4 Å². The molecule has 0 aromatic carbocycles. The second kappa shape index (κ2) is 40.4. The van der Waals surface area contributed by atoms with E-state index in [4.69, 9.17) is 39.4 Å². The molecule has 0 saturated carbocycles. The summed E-state index contributed by atoms with van der Waals surface area (Å²) in [6, 6.07) is 0. The van der Waals surface area contributed by atoms with Crippen LogP contribution in [0.25, 0.3) is 0 Å². The summed E-state index contributed by atoms with van der Waals surface area (Å²) in [6.45, 7) is 41.3. The molecule has 0 spiro atoms. The highest BCUT2D eigenvalue weighted by Crippen LogP contribution is 2.30. The van der Waals surface area contributed by atoms with Gasteiger partial charge in [0.1, 0.15) is 11.2 Å². The van der Waals surface area contributed by atoms with E-state index in [1.54, 1.807) is 48.5 Å². The fraction of sp³-hybridized carbons (Fsp3) is 0.841. The van der Waals surface area contributed by atoms with Gasteiger partial charge in [-0.1, -0.05) is 96.9 Å². The standard InChI is InChI=1S/C18H31NO5.C17H33NO3.C16H27NO5.C12H22O4/c1-6-23-18(22)16-15(24-16)14(20)10-13(9-12(4)5)17(21)19-8-7-11(2)3;1-12(2)8-9-18-16(20)14(10-13(3)4)11-15(19)21-17(5,6)7;1-9(2)5-6-17-15(19)11(7-10(3)4)8-12(18)13-14(22-13)16(20)21;1-8(2)6-9(11(14)15)7-10(13)16-12(3,4)5/h11-13,15-16H,6-10H2,1-5H3,(H,19,21);12-14H,8-11H2,1-7H3,(H,18,20);9-11,13-14H,5-8H2,1-4H3,(H,17,19)(H,20,21);8-9H,6-7H2,1-5H3,(H,14,15)/t13-,15+,16-;14-;11-,13+,14-;9-/m0000/s1/i13D;14D;11D;9D. The van der Waals surface area contributed by atoms with Gasteiger partial charge in [0.05, 0.1) is 25.3 Å². The van der Waals surface area contributed by atoms with Crippen molar-refractivity contribution in [2.45, 2.75) is 252 Å². The van der Waals surface area contributed by atoms with Gasteiger partial charge in [0, 0.05) is 55.6 Å². The van der Waals surface area contributed by atoms with Gasteiger partial charge in [0.2, 0.25) is 17.7 Å². The minimum absolute atomic E-state index is 0.0334. The fourth-order valence-corrected chi connectivity index (χ4v) is 7.77. The summed E-state index contributed by atoms with van der Waals surface area (Å²) in [6.07, 6.45) is -1.72. The van der Waals surface area contributed by atoms with Crippen LogP contribution in [0.3, 0.4) is 0 Å². The highest BCUT2D eigenvalue weighted by Gasteiger charge is 2.52. The summed E-state index contributed by atoms with van der Waals surface area (Å²) in [5.74, 6) is -11.1. The number of rotatable bonds is 34. The molecule has 83 heavy (non-hydrogen) atoms. The number of carbonyl (C=O) groups is 10. The maximum absolute atomic E-state index is 12.5. The summed E-state index contributed by atoms with van der Waals surface area (Å²) >= 11 is 0. The number of carboxylic acids is 2. The number of epoxide rings is 2. The van der Waals surface area contributed by atoms with E-state index in [-0.39, 0.29) is 74.7 Å². The van der Waals surface area contributed by atoms with Crippen molar-refractivity contribution in [3.05, 3.63) is 0 Å². The lowest BCUT2D eigenvalue weighted by Crippen LogP contribution is -2.35. The first-order valence-corrected chi connectivity index (χ1v) is 29.8. The average molecular weight is 1190 g/mol. The second-order valence-electron chi connectivity index (χ2n) is 26.3. The van der Waals surface area contributed by atoms with E-state index in [9.17, 15) is 47.9 Å². The first-order chi connectivity index (χ1) is 39.5. The van der Waals surface area contributed by atoms with Crippen molar-refractivity contribution in [3.63, 3.8) is 0 Å². The van der Waals surface area contributed by atoms with E-state index in [0.29, 0.717) is 43.8 Å². The highest BCUT2D eigenvalue weighted by molar-refractivity contribution is 5.97. The van der Waals surface area contributed by atoms with Crippen LogP contribution < -0.4 is 16.0 Å². The van der Waals surface area contributed by atoms with Gasteiger partial charge in [0.25, 0.3) is 0 Å². The lowest BCUT2D eigenvalue weighted by Gasteiger charge is -2.23. The monoisotopic (exact) mass is 1190 g/mol. The Morgan fingerprint density at radius 3 is 1.00 bits per heavy atom. The number of aliphatic carboxylic acids is 2. The number of hydrogen-bond acceptors (Lipinski definition) is 15. The molecule has 482 valence electrons. The Kier molecular flexibility index (Phi) is 35.1. The number of carboxylic acid groups (broad SMARTS) is 2. The molecule has 0 aliphatic carbocycles. The van der Waals surface area contributed by atoms with E-state index in [0.717, 1.165) is 19.3 Å². The molecule has 0 unspecified atom stereocenters. The highest BCUT2D eigenvalue weighted by atomic mass is 16.6. The smallest absolute Gasteiger partial charge is 0.338 e. The van der Waals surface area contributed by atoms with Gasteiger partial charge < -0.3 is 49.8 Å². The molecule has 0 bridgehead atoms. The number of esters is 3. The quantitative estimate of drug-likeness (QED) is 0.0227. The molecule has 2 aliphatic heterocycles.